The van der Waals surface area contributed by atoms with Crippen molar-refractivity contribution in [2.75, 3.05) is 19.7 Å². The minimum atomic E-state index is -1.42. The molecule has 1 N–H and O–H groups in total. The van der Waals surface area contributed by atoms with E-state index in [0.29, 0.717) is 11.6 Å². The van der Waals surface area contributed by atoms with Crippen LogP contribution in [0.4, 0.5) is 4.79 Å². The van der Waals surface area contributed by atoms with Gasteiger partial charge in [0.1, 0.15) is 23.9 Å². The summed E-state index contributed by atoms with van der Waals surface area (Å²) in [6, 6.07) is 5.33. The average Bonchev–Trinajstić information content (AvgIpc) is 3.49. The summed E-state index contributed by atoms with van der Waals surface area (Å²) in [5, 5.41) is 1.03. The molecule has 10 heteroatoms. The van der Waals surface area contributed by atoms with Crippen molar-refractivity contribution >= 4 is 28.1 Å². The molecule has 0 saturated heterocycles. The highest BCUT2D eigenvalue weighted by Crippen LogP contribution is 2.22. The number of hydrogen-bond acceptors (Lipinski definition) is 5. The van der Waals surface area contributed by atoms with Gasteiger partial charge >= 0.3 is 6.09 Å². The van der Waals surface area contributed by atoms with E-state index in [2.05, 4.69) is 22.9 Å². The lowest BCUT2D eigenvalue weighted by Crippen LogP contribution is -2.44. The summed E-state index contributed by atoms with van der Waals surface area (Å²) < 4.78 is 24.7. The molecule has 3 heterocycles. The van der Waals surface area contributed by atoms with Gasteiger partial charge in [0.2, 0.25) is 0 Å². The van der Waals surface area contributed by atoms with Gasteiger partial charge in [-0.05, 0) is 39.0 Å². The lowest BCUT2D eigenvalue weighted by atomic mass is 10.2. The molecule has 0 aliphatic carbocycles. The number of amides is 1. The third-order valence-electron chi connectivity index (χ3n) is 5.07. The summed E-state index contributed by atoms with van der Waals surface area (Å²) in [4.78, 5) is 23.5. The molecule has 2 atom stereocenters. The minimum Gasteiger partial charge on any atom is -0.445 e. The molecular formula is C26H38N6O3S. The summed E-state index contributed by atoms with van der Waals surface area (Å²) >= 11 is 0. The van der Waals surface area contributed by atoms with Gasteiger partial charge in [-0.2, -0.15) is 0 Å². The zero-order valence-corrected chi connectivity index (χ0v) is 22.9. The van der Waals surface area contributed by atoms with E-state index in [1.165, 1.54) is 11.0 Å². The number of carbonyl (C=O) groups is 1. The molecule has 36 heavy (non-hydrogen) atoms. The lowest BCUT2D eigenvalue weighted by molar-refractivity contribution is 0.113. The number of aromatic nitrogens is 4. The fourth-order valence-corrected chi connectivity index (χ4v) is 4.12. The van der Waals surface area contributed by atoms with Gasteiger partial charge in [-0.3, -0.25) is 4.57 Å². The monoisotopic (exact) mass is 514 g/mol. The molecule has 0 aliphatic heterocycles. The Kier molecular flexibility index (Phi) is 10.6. The Morgan fingerprint density at radius 1 is 1.22 bits per heavy atom. The van der Waals surface area contributed by atoms with Crippen LogP contribution in [-0.2, 0) is 22.8 Å². The van der Waals surface area contributed by atoms with Gasteiger partial charge in [0.05, 0.1) is 21.8 Å². The number of nitrogens with zero attached hydrogens (tertiary/aromatic N) is 5. The minimum absolute atomic E-state index is 0.0910. The summed E-state index contributed by atoms with van der Waals surface area (Å²) in [5.41, 5.74) is 0.834. The average molecular weight is 515 g/mol. The molecule has 3 aromatic heterocycles. The van der Waals surface area contributed by atoms with E-state index in [1.807, 2.05) is 75.2 Å². The fourth-order valence-electron chi connectivity index (χ4n) is 3.32. The lowest BCUT2D eigenvalue weighted by Gasteiger charge is -2.29. The highest BCUT2D eigenvalue weighted by molar-refractivity contribution is 7.84. The number of rotatable bonds is 10. The van der Waals surface area contributed by atoms with Crippen LogP contribution in [0.5, 0.6) is 0 Å². The molecule has 0 bridgehead atoms. The van der Waals surface area contributed by atoms with Gasteiger partial charge in [0, 0.05) is 44.1 Å². The van der Waals surface area contributed by atoms with Gasteiger partial charge in [-0.15, -0.1) is 6.58 Å². The SMILES string of the molecule is C=CCOC(=O)N(CC=C)C[C@H](NS(=O)C(C)(C)C)c1nccn1-c1ccc2ccn(C)c2n1.CC. The third kappa shape index (κ3) is 7.14. The van der Waals surface area contributed by atoms with E-state index in [4.69, 9.17) is 9.72 Å². The van der Waals surface area contributed by atoms with Crippen LogP contribution in [0.3, 0.4) is 0 Å². The van der Waals surface area contributed by atoms with Crippen molar-refractivity contribution < 1.29 is 13.7 Å². The van der Waals surface area contributed by atoms with Gasteiger partial charge in [-0.1, -0.05) is 32.6 Å². The Bertz CT molecular complexity index is 1190. The zero-order valence-electron chi connectivity index (χ0n) is 22.1. The molecule has 0 aliphatic rings. The molecule has 3 aromatic rings. The maximum Gasteiger partial charge on any atom is 0.410 e. The number of pyridine rings is 1. The number of ether oxygens (including phenoxy) is 1. The number of fused-ring (bicyclic) bond motifs is 1. The number of aryl methyl sites for hydroxylation is 1. The number of nitrogens with one attached hydrogen (secondary N) is 1. The largest absolute Gasteiger partial charge is 0.445 e. The van der Waals surface area contributed by atoms with Crippen molar-refractivity contribution in [1.82, 2.24) is 28.7 Å². The van der Waals surface area contributed by atoms with Crippen molar-refractivity contribution in [3.05, 3.63) is 67.9 Å². The molecule has 9 nitrogen and oxygen atoms in total. The van der Waals surface area contributed by atoms with Gasteiger partial charge in [0.15, 0.2) is 0 Å². The van der Waals surface area contributed by atoms with Crippen LogP contribution in [0.15, 0.2) is 62.1 Å². The Balaban J connectivity index is 0.00000222. The first-order valence-corrected chi connectivity index (χ1v) is 13.1. The van der Waals surface area contributed by atoms with Crippen molar-refractivity contribution in [3.8, 4) is 5.82 Å². The zero-order chi connectivity index (χ0) is 26.9. The maximum atomic E-state index is 13.1. The summed E-state index contributed by atoms with van der Waals surface area (Å²) in [6.07, 6.45) is 8.02. The molecule has 0 aromatic carbocycles. The number of carbonyl (C=O) groups excluding carboxylic acids is 1. The van der Waals surface area contributed by atoms with Crippen molar-refractivity contribution in [2.24, 2.45) is 7.05 Å². The van der Waals surface area contributed by atoms with E-state index in [1.54, 1.807) is 18.5 Å². The predicted octanol–water partition coefficient (Wildman–Crippen LogP) is 4.69. The summed E-state index contributed by atoms with van der Waals surface area (Å²) in [5.74, 6) is 1.24. The van der Waals surface area contributed by atoms with Crippen LogP contribution >= 0.6 is 0 Å². The second-order valence-electron chi connectivity index (χ2n) is 8.78. The highest BCUT2D eigenvalue weighted by atomic mass is 32.2. The summed E-state index contributed by atoms with van der Waals surface area (Å²) in [6.45, 7) is 17.5. The Morgan fingerprint density at radius 2 is 1.94 bits per heavy atom. The molecule has 1 amide bonds. The second-order valence-corrected chi connectivity index (χ2v) is 10.8. The predicted molar refractivity (Wildman–Crippen MR) is 146 cm³/mol. The first-order valence-electron chi connectivity index (χ1n) is 11.9. The van der Waals surface area contributed by atoms with Crippen LogP contribution < -0.4 is 4.72 Å². The quantitative estimate of drug-likeness (QED) is 0.396. The molecule has 0 saturated carbocycles. The Labute approximate surface area is 216 Å². The molecule has 0 radical (unpaired) electrons. The van der Waals surface area contributed by atoms with E-state index in [9.17, 15) is 9.00 Å². The van der Waals surface area contributed by atoms with Crippen LogP contribution in [0.1, 0.15) is 46.5 Å². The van der Waals surface area contributed by atoms with Crippen LogP contribution in [0, 0.1) is 0 Å². The van der Waals surface area contributed by atoms with Crippen LogP contribution in [0.25, 0.3) is 16.9 Å². The van der Waals surface area contributed by atoms with E-state index >= 15 is 0 Å². The molecule has 1 unspecified atom stereocenters. The molecule has 196 valence electrons. The fraction of sp³-hybridized carbons (Fsp3) is 0.423. The van der Waals surface area contributed by atoms with Gasteiger partial charge in [-0.25, -0.2) is 23.7 Å². The molecular weight excluding hydrogens is 476 g/mol. The summed E-state index contributed by atoms with van der Waals surface area (Å²) in [7, 11) is 0.514. The van der Waals surface area contributed by atoms with E-state index < -0.39 is 27.9 Å². The molecule has 3 rings (SSSR count). The van der Waals surface area contributed by atoms with Gasteiger partial charge in [0.25, 0.3) is 0 Å². The van der Waals surface area contributed by atoms with Crippen LogP contribution in [0.2, 0.25) is 0 Å². The van der Waals surface area contributed by atoms with Crippen LogP contribution in [-0.4, -0.2) is 58.7 Å². The van der Waals surface area contributed by atoms with Crippen molar-refractivity contribution in [1.29, 1.82) is 0 Å². The first kappa shape index (κ1) is 29.0. The smallest absolute Gasteiger partial charge is 0.410 e. The topological polar surface area (TPSA) is 94.3 Å². The normalized spacial score (nSPS) is 12.8. The standard InChI is InChI=1S/C24H32N6O3S.C2H6/c1-7-13-29(23(31)33-16-8-2)17-19(27-34(32)24(3,4)5)22-25-12-15-30(22)20-10-9-18-11-14-28(6)21(18)26-20;1-2/h7-12,14-15,19,27H,1-2,13,16-17H2,3-6H3;1-2H3/t19-,34?;/m0./s1. The number of imidazole rings is 1. The molecule has 0 fully saturated rings. The first-order chi connectivity index (χ1) is 17.2. The Morgan fingerprint density at radius 3 is 2.58 bits per heavy atom. The third-order valence-corrected chi connectivity index (χ3v) is 6.68. The molecule has 0 spiro atoms. The second kappa shape index (κ2) is 13.2. The Hall–Kier alpha value is -3.24. The number of hydrogen-bond donors (Lipinski definition) is 1. The van der Waals surface area contributed by atoms with Crippen molar-refractivity contribution in [2.45, 2.75) is 45.4 Å². The highest BCUT2D eigenvalue weighted by Gasteiger charge is 2.29. The van der Waals surface area contributed by atoms with Gasteiger partial charge < -0.3 is 14.2 Å². The maximum absolute atomic E-state index is 13.1. The van der Waals surface area contributed by atoms with Crippen molar-refractivity contribution in [3.63, 3.8) is 0 Å². The van der Waals surface area contributed by atoms with E-state index in [0.717, 1.165) is 11.0 Å². The van der Waals surface area contributed by atoms with E-state index in [-0.39, 0.29) is 19.7 Å².